The SMILES string of the molecule is COCc1nc2c(o1)CCN(C(=O)C1CCN(C(=O)c3ccncc3)CC1)C2. The minimum atomic E-state index is -0.0478. The van der Waals surface area contributed by atoms with E-state index < -0.39 is 0 Å². The maximum Gasteiger partial charge on any atom is 0.253 e. The number of amides is 2. The molecule has 28 heavy (non-hydrogen) atoms. The molecule has 0 saturated carbocycles. The van der Waals surface area contributed by atoms with Crippen molar-refractivity contribution in [1.29, 1.82) is 0 Å². The lowest BCUT2D eigenvalue weighted by Gasteiger charge is -2.35. The van der Waals surface area contributed by atoms with E-state index in [1.807, 2.05) is 9.80 Å². The maximum absolute atomic E-state index is 13.0. The van der Waals surface area contributed by atoms with Crippen molar-refractivity contribution in [3.8, 4) is 0 Å². The Balaban J connectivity index is 1.33. The molecule has 0 unspecified atom stereocenters. The molecule has 0 bridgehead atoms. The highest BCUT2D eigenvalue weighted by Gasteiger charge is 2.33. The van der Waals surface area contributed by atoms with Crippen LogP contribution in [-0.4, -0.2) is 58.3 Å². The highest BCUT2D eigenvalue weighted by Crippen LogP contribution is 2.25. The molecule has 0 aromatic carbocycles. The second-order valence-corrected chi connectivity index (χ2v) is 7.22. The van der Waals surface area contributed by atoms with Crippen molar-refractivity contribution in [2.75, 3.05) is 26.7 Å². The third-order valence-electron chi connectivity index (χ3n) is 5.41. The molecule has 0 spiro atoms. The fraction of sp³-hybridized carbons (Fsp3) is 0.500. The number of fused-ring (bicyclic) bond motifs is 1. The first-order valence-electron chi connectivity index (χ1n) is 9.60. The fourth-order valence-corrected chi connectivity index (χ4v) is 3.89. The van der Waals surface area contributed by atoms with Crippen LogP contribution < -0.4 is 0 Å². The van der Waals surface area contributed by atoms with Crippen LogP contribution in [0.2, 0.25) is 0 Å². The minimum absolute atomic E-state index is 0.00387. The van der Waals surface area contributed by atoms with Crippen LogP contribution in [-0.2, 0) is 29.1 Å². The Bertz CT molecular complexity index is 843. The molecule has 2 aliphatic rings. The average Bonchev–Trinajstić information content (AvgIpc) is 3.15. The van der Waals surface area contributed by atoms with Crippen molar-refractivity contribution in [2.24, 2.45) is 5.92 Å². The average molecular weight is 384 g/mol. The van der Waals surface area contributed by atoms with Crippen LogP contribution in [0.5, 0.6) is 0 Å². The molecule has 1 saturated heterocycles. The van der Waals surface area contributed by atoms with Gasteiger partial charge in [-0.2, -0.15) is 0 Å². The van der Waals surface area contributed by atoms with Crippen molar-refractivity contribution >= 4 is 11.8 Å². The van der Waals surface area contributed by atoms with Gasteiger partial charge in [0.1, 0.15) is 18.1 Å². The van der Waals surface area contributed by atoms with E-state index in [-0.39, 0.29) is 17.7 Å². The zero-order chi connectivity index (χ0) is 19.5. The summed E-state index contributed by atoms with van der Waals surface area (Å²) >= 11 is 0. The number of rotatable bonds is 4. The van der Waals surface area contributed by atoms with E-state index in [0.29, 0.717) is 63.5 Å². The van der Waals surface area contributed by atoms with Gasteiger partial charge < -0.3 is 19.0 Å². The van der Waals surface area contributed by atoms with Crippen molar-refractivity contribution in [2.45, 2.75) is 32.4 Å². The zero-order valence-corrected chi connectivity index (χ0v) is 16.0. The van der Waals surface area contributed by atoms with E-state index in [1.54, 1.807) is 31.6 Å². The van der Waals surface area contributed by atoms with E-state index in [9.17, 15) is 9.59 Å². The lowest BCUT2D eigenvalue weighted by Crippen LogP contribution is -2.45. The number of carbonyl (C=O) groups excluding carboxylic acids is 2. The minimum Gasteiger partial charge on any atom is -0.443 e. The predicted octanol–water partition coefficient (Wildman–Crippen LogP) is 1.65. The Morgan fingerprint density at radius 3 is 2.64 bits per heavy atom. The molecule has 8 nitrogen and oxygen atoms in total. The summed E-state index contributed by atoms with van der Waals surface area (Å²) in [5, 5.41) is 0. The molecule has 2 aromatic rings. The van der Waals surface area contributed by atoms with Gasteiger partial charge in [0.05, 0.1) is 6.54 Å². The lowest BCUT2D eigenvalue weighted by molar-refractivity contribution is -0.138. The molecule has 148 valence electrons. The van der Waals surface area contributed by atoms with Crippen molar-refractivity contribution in [1.82, 2.24) is 19.8 Å². The molecule has 2 aliphatic heterocycles. The number of piperidine rings is 1. The van der Waals surface area contributed by atoms with Crippen molar-refractivity contribution in [3.63, 3.8) is 0 Å². The molecule has 0 N–H and O–H groups in total. The van der Waals surface area contributed by atoms with Crippen molar-refractivity contribution in [3.05, 3.63) is 47.4 Å². The monoisotopic (exact) mass is 384 g/mol. The Labute approximate surface area is 163 Å². The standard InChI is InChI=1S/C20H24N4O4/c1-27-13-18-22-16-12-24(11-6-17(16)28-18)20(26)15-4-9-23(10-5-15)19(25)14-2-7-21-8-3-14/h2-3,7-8,15H,4-6,9-13H2,1H3. The molecule has 8 heteroatoms. The van der Waals surface area contributed by atoms with E-state index in [2.05, 4.69) is 9.97 Å². The molecule has 2 aromatic heterocycles. The molecule has 0 atom stereocenters. The van der Waals surface area contributed by atoms with Crippen molar-refractivity contribution < 1.29 is 18.7 Å². The number of aromatic nitrogens is 2. The summed E-state index contributed by atoms with van der Waals surface area (Å²) in [7, 11) is 1.60. The summed E-state index contributed by atoms with van der Waals surface area (Å²) in [6.07, 6.45) is 5.29. The number of ether oxygens (including phenoxy) is 1. The van der Waals surface area contributed by atoms with Crippen LogP contribution in [0.15, 0.2) is 28.9 Å². The number of nitrogens with zero attached hydrogens (tertiary/aromatic N) is 4. The van der Waals surface area contributed by atoms with E-state index in [0.717, 1.165) is 11.5 Å². The predicted molar refractivity (Wildman–Crippen MR) is 99.2 cm³/mol. The summed E-state index contributed by atoms with van der Waals surface area (Å²) in [5.74, 6) is 1.52. The summed E-state index contributed by atoms with van der Waals surface area (Å²) in [6.45, 7) is 2.66. The highest BCUT2D eigenvalue weighted by atomic mass is 16.5. The quantitative estimate of drug-likeness (QED) is 0.796. The van der Waals surface area contributed by atoms with Gasteiger partial charge in [0.25, 0.3) is 5.91 Å². The molecule has 0 radical (unpaired) electrons. The molecular formula is C20H24N4O4. The van der Waals surface area contributed by atoms with Crippen LogP contribution in [0.25, 0.3) is 0 Å². The number of pyridine rings is 1. The van der Waals surface area contributed by atoms with Crippen LogP contribution >= 0.6 is 0 Å². The lowest BCUT2D eigenvalue weighted by atomic mass is 9.94. The second-order valence-electron chi connectivity index (χ2n) is 7.22. The summed E-state index contributed by atoms with van der Waals surface area (Å²) in [5.41, 5.74) is 1.47. The maximum atomic E-state index is 13.0. The highest BCUT2D eigenvalue weighted by molar-refractivity contribution is 5.94. The van der Waals surface area contributed by atoms with Gasteiger partial charge in [-0.15, -0.1) is 0 Å². The number of hydrogen-bond acceptors (Lipinski definition) is 6. The third-order valence-corrected chi connectivity index (χ3v) is 5.41. The second kappa shape index (κ2) is 8.10. The van der Waals surface area contributed by atoms with Crippen LogP contribution in [0, 0.1) is 5.92 Å². The topological polar surface area (TPSA) is 88.8 Å². The third kappa shape index (κ3) is 3.77. The Hall–Kier alpha value is -2.74. The van der Waals surface area contributed by atoms with E-state index >= 15 is 0 Å². The molecule has 2 amide bonds. The van der Waals surface area contributed by atoms with Gasteiger partial charge in [0.2, 0.25) is 11.8 Å². The van der Waals surface area contributed by atoms with Crippen LogP contribution in [0.3, 0.4) is 0 Å². The first-order chi connectivity index (χ1) is 13.7. The van der Waals surface area contributed by atoms with E-state index in [1.165, 1.54) is 0 Å². The molecule has 4 rings (SSSR count). The van der Waals surface area contributed by atoms with Gasteiger partial charge in [0.15, 0.2) is 0 Å². The van der Waals surface area contributed by atoms with Crippen LogP contribution in [0.1, 0.15) is 40.5 Å². The van der Waals surface area contributed by atoms with E-state index in [4.69, 9.17) is 9.15 Å². The Morgan fingerprint density at radius 1 is 1.18 bits per heavy atom. The fourth-order valence-electron chi connectivity index (χ4n) is 3.89. The normalized spacial score (nSPS) is 17.5. The van der Waals surface area contributed by atoms with Gasteiger partial charge in [-0.3, -0.25) is 14.6 Å². The summed E-state index contributed by atoms with van der Waals surface area (Å²) in [6, 6.07) is 3.45. The Kier molecular flexibility index (Phi) is 5.38. The largest absolute Gasteiger partial charge is 0.443 e. The number of carbonyl (C=O) groups is 2. The number of likely N-dealkylation sites (tertiary alicyclic amines) is 1. The summed E-state index contributed by atoms with van der Waals surface area (Å²) < 4.78 is 10.7. The smallest absolute Gasteiger partial charge is 0.253 e. The molecular weight excluding hydrogens is 360 g/mol. The number of oxazole rings is 1. The van der Waals surface area contributed by atoms with Gasteiger partial charge >= 0.3 is 0 Å². The molecule has 0 aliphatic carbocycles. The van der Waals surface area contributed by atoms with Gasteiger partial charge in [-0.1, -0.05) is 0 Å². The molecule has 1 fully saturated rings. The first kappa shape index (κ1) is 18.6. The number of hydrogen-bond donors (Lipinski definition) is 0. The van der Waals surface area contributed by atoms with Gasteiger partial charge in [-0.05, 0) is 25.0 Å². The van der Waals surface area contributed by atoms with Gasteiger partial charge in [-0.25, -0.2) is 4.98 Å². The summed E-state index contributed by atoms with van der Waals surface area (Å²) in [4.78, 5) is 37.6. The number of methoxy groups -OCH3 is 1. The zero-order valence-electron chi connectivity index (χ0n) is 16.0. The molecule has 4 heterocycles. The first-order valence-corrected chi connectivity index (χ1v) is 9.60. The Morgan fingerprint density at radius 2 is 1.93 bits per heavy atom. The van der Waals surface area contributed by atoms with Crippen LogP contribution in [0.4, 0.5) is 0 Å². The van der Waals surface area contributed by atoms with Gasteiger partial charge in [0, 0.05) is 57.0 Å².